The highest BCUT2D eigenvalue weighted by molar-refractivity contribution is 7.91. The van der Waals surface area contributed by atoms with Gasteiger partial charge in [-0.15, -0.1) is 0 Å². The fraction of sp³-hybridized carbons (Fsp3) is 0.471. The third kappa shape index (κ3) is 8.41. The van der Waals surface area contributed by atoms with Crippen LogP contribution in [0.1, 0.15) is 52.9 Å². The van der Waals surface area contributed by atoms with E-state index >= 15 is 0 Å². The molecule has 5 amide bonds. The molecule has 1 aliphatic heterocycles. The quantitative estimate of drug-likeness (QED) is 0.185. The first-order chi connectivity index (χ1) is 23.5. The highest BCUT2D eigenvalue weighted by Crippen LogP contribution is 2.38. The van der Waals surface area contributed by atoms with Crippen LogP contribution in [-0.2, 0) is 33.9 Å². The number of amides is 5. The van der Waals surface area contributed by atoms with Crippen LogP contribution in [0.25, 0.3) is 10.8 Å². The Morgan fingerprint density at radius 3 is 2.46 bits per heavy atom. The summed E-state index contributed by atoms with van der Waals surface area (Å²) in [6.07, 6.45) is 1.71. The fourth-order valence-corrected chi connectivity index (χ4v) is 7.34. The van der Waals surface area contributed by atoms with Crippen molar-refractivity contribution in [2.75, 3.05) is 13.1 Å². The van der Waals surface area contributed by atoms with E-state index in [4.69, 9.17) is 9.47 Å². The summed E-state index contributed by atoms with van der Waals surface area (Å²) in [5.74, 6) is -2.70. The molecular formula is C34H42N6O9S. The SMILES string of the molecule is C=CC(=O)NC[C@H](NC(=O)OC(C)(C)C)C(=O)N1C[C@H](Oc2nccc3ccccc23)C[C@H]1C(=O)NC1(C(=O)NS(=O)(=O)C2CC2)CC(=C)C1. The standard InChI is InChI=1S/C34H42N6O9S/c1-6-27(41)36-18-25(37-32(45)49-33(3,4)5)30(43)40-19-22(48-29-24-10-8-7-9-21(24)13-14-35-29)15-26(40)28(42)38-34(16-20(2)17-34)31(44)39-50(46,47)23-11-12-23/h6-10,13-14,22-23,25-26H,1-2,11-12,15-19H2,3-5H3,(H,36,41)(H,37,45)(H,38,42)(H,39,44)/t22-,25+,26+/m1/s1. The maximum absolute atomic E-state index is 14.2. The Kier molecular flexibility index (Phi) is 10.2. The van der Waals surface area contributed by atoms with Crippen molar-refractivity contribution in [2.24, 2.45) is 0 Å². The monoisotopic (exact) mass is 710 g/mol. The number of rotatable bonds is 12. The minimum Gasteiger partial charge on any atom is -0.472 e. The van der Waals surface area contributed by atoms with Crippen LogP contribution in [0.5, 0.6) is 5.88 Å². The van der Waals surface area contributed by atoms with Gasteiger partial charge in [0, 0.05) is 37.4 Å². The highest BCUT2D eigenvalue weighted by atomic mass is 32.2. The molecule has 268 valence electrons. The lowest BCUT2D eigenvalue weighted by atomic mass is 9.72. The van der Waals surface area contributed by atoms with Gasteiger partial charge in [-0.1, -0.05) is 36.9 Å². The Bertz CT molecular complexity index is 1820. The number of likely N-dealkylation sites (tertiary alicyclic amines) is 1. The third-order valence-electron chi connectivity index (χ3n) is 8.52. The second-order valence-corrected chi connectivity index (χ2v) is 15.8. The van der Waals surface area contributed by atoms with Crippen LogP contribution in [-0.4, -0.2) is 95.7 Å². The number of pyridine rings is 1. The number of carbonyl (C=O) groups excluding carboxylic acids is 5. The largest absolute Gasteiger partial charge is 0.472 e. The van der Waals surface area contributed by atoms with E-state index in [1.807, 2.05) is 30.3 Å². The summed E-state index contributed by atoms with van der Waals surface area (Å²) >= 11 is 0. The topological polar surface area (TPSA) is 202 Å². The molecule has 1 aromatic heterocycles. The first kappa shape index (κ1) is 36.3. The van der Waals surface area contributed by atoms with Crippen LogP contribution >= 0.6 is 0 Å². The van der Waals surface area contributed by atoms with Crippen molar-refractivity contribution in [3.8, 4) is 5.88 Å². The van der Waals surface area contributed by atoms with E-state index in [1.54, 1.807) is 27.0 Å². The van der Waals surface area contributed by atoms with E-state index in [1.165, 1.54) is 4.90 Å². The second kappa shape index (κ2) is 14.1. The molecule has 15 nitrogen and oxygen atoms in total. The van der Waals surface area contributed by atoms with Crippen molar-refractivity contribution >= 4 is 50.5 Å². The lowest BCUT2D eigenvalue weighted by molar-refractivity contribution is -0.142. The molecular weight excluding hydrogens is 668 g/mol. The zero-order chi connectivity index (χ0) is 36.4. The van der Waals surface area contributed by atoms with Crippen LogP contribution in [0.2, 0.25) is 0 Å². The van der Waals surface area contributed by atoms with Gasteiger partial charge in [0.1, 0.15) is 29.3 Å². The lowest BCUT2D eigenvalue weighted by Gasteiger charge is -2.43. The molecule has 5 rings (SSSR count). The number of hydrogen-bond donors (Lipinski definition) is 4. The summed E-state index contributed by atoms with van der Waals surface area (Å²) in [7, 11) is -3.92. The van der Waals surface area contributed by atoms with Gasteiger partial charge in [0.15, 0.2) is 0 Å². The molecule has 1 saturated heterocycles. The van der Waals surface area contributed by atoms with Gasteiger partial charge in [-0.25, -0.2) is 18.2 Å². The summed E-state index contributed by atoms with van der Waals surface area (Å²) in [5.41, 5.74) is -1.88. The molecule has 1 aromatic carbocycles. The van der Waals surface area contributed by atoms with E-state index in [-0.39, 0.29) is 38.2 Å². The average molecular weight is 711 g/mol. The molecule has 0 bridgehead atoms. The van der Waals surface area contributed by atoms with E-state index < -0.39 is 74.3 Å². The Morgan fingerprint density at radius 1 is 1.12 bits per heavy atom. The van der Waals surface area contributed by atoms with Crippen LogP contribution in [0.3, 0.4) is 0 Å². The smallest absolute Gasteiger partial charge is 0.408 e. The molecule has 4 N–H and O–H groups in total. The lowest BCUT2D eigenvalue weighted by Crippen LogP contribution is -2.67. The van der Waals surface area contributed by atoms with E-state index in [9.17, 15) is 32.4 Å². The van der Waals surface area contributed by atoms with Crippen LogP contribution < -0.4 is 25.4 Å². The maximum atomic E-state index is 14.2. The molecule has 2 aromatic rings. The summed E-state index contributed by atoms with van der Waals surface area (Å²) in [4.78, 5) is 72.2. The minimum atomic E-state index is -3.92. The van der Waals surface area contributed by atoms with E-state index in [0.717, 1.165) is 11.5 Å². The first-order valence-electron chi connectivity index (χ1n) is 16.3. The number of sulfonamides is 1. The molecule has 50 heavy (non-hydrogen) atoms. The van der Waals surface area contributed by atoms with Gasteiger partial charge in [-0.2, -0.15) is 0 Å². The summed E-state index contributed by atoms with van der Waals surface area (Å²) in [6, 6.07) is 6.58. The predicted molar refractivity (Wildman–Crippen MR) is 182 cm³/mol. The maximum Gasteiger partial charge on any atom is 0.408 e. The van der Waals surface area contributed by atoms with Gasteiger partial charge >= 0.3 is 6.09 Å². The van der Waals surface area contributed by atoms with E-state index in [0.29, 0.717) is 23.8 Å². The van der Waals surface area contributed by atoms with Gasteiger partial charge in [-0.05, 0) is 57.2 Å². The second-order valence-electron chi connectivity index (χ2n) is 13.8. The first-order valence-corrected chi connectivity index (χ1v) is 17.8. The highest BCUT2D eigenvalue weighted by Gasteiger charge is 2.53. The molecule has 3 aliphatic rings. The molecule has 0 unspecified atom stereocenters. The van der Waals surface area contributed by atoms with Gasteiger partial charge < -0.3 is 30.3 Å². The Balaban J connectivity index is 1.43. The number of aromatic nitrogens is 1. The van der Waals surface area contributed by atoms with Gasteiger partial charge in [0.25, 0.3) is 5.91 Å². The predicted octanol–water partition coefficient (Wildman–Crippen LogP) is 1.59. The normalized spacial score (nSPS) is 20.5. The van der Waals surface area contributed by atoms with Crippen molar-refractivity contribution in [2.45, 2.75) is 87.5 Å². The van der Waals surface area contributed by atoms with Crippen molar-refractivity contribution in [1.82, 2.24) is 30.6 Å². The van der Waals surface area contributed by atoms with Crippen LogP contribution in [0, 0.1) is 0 Å². The van der Waals surface area contributed by atoms with Crippen LogP contribution in [0.15, 0.2) is 61.3 Å². The van der Waals surface area contributed by atoms with Gasteiger partial charge in [-0.3, -0.25) is 23.9 Å². The molecule has 2 aliphatic carbocycles. The Labute approximate surface area is 290 Å². The number of nitrogens with zero attached hydrogens (tertiary/aromatic N) is 2. The number of alkyl carbamates (subject to hydrolysis) is 1. The molecule has 3 fully saturated rings. The minimum absolute atomic E-state index is 0.00168. The van der Waals surface area contributed by atoms with Gasteiger partial charge in [0.05, 0.1) is 11.8 Å². The third-order valence-corrected chi connectivity index (χ3v) is 10.3. The van der Waals surface area contributed by atoms with Crippen molar-refractivity contribution in [1.29, 1.82) is 0 Å². The number of carbonyl (C=O) groups is 5. The molecule has 3 atom stereocenters. The summed E-state index contributed by atoms with van der Waals surface area (Å²) < 4.78 is 39.0. The Hall–Kier alpha value is -4.99. The molecule has 16 heteroatoms. The molecule has 0 radical (unpaired) electrons. The zero-order valence-corrected chi connectivity index (χ0v) is 29.0. The van der Waals surface area contributed by atoms with Crippen molar-refractivity contribution in [3.05, 3.63) is 61.3 Å². The number of ether oxygens (including phenoxy) is 2. The van der Waals surface area contributed by atoms with Gasteiger partial charge in [0.2, 0.25) is 33.6 Å². The summed E-state index contributed by atoms with van der Waals surface area (Å²) in [6.45, 7) is 11.7. The fourth-order valence-electron chi connectivity index (χ4n) is 5.96. The number of fused-ring (bicyclic) bond motifs is 1. The average Bonchev–Trinajstić information content (AvgIpc) is 3.82. The molecule has 2 saturated carbocycles. The zero-order valence-electron chi connectivity index (χ0n) is 28.2. The number of nitrogens with one attached hydrogen (secondary N) is 4. The summed E-state index contributed by atoms with van der Waals surface area (Å²) in [5, 5.41) is 8.60. The number of benzene rings is 1. The van der Waals surface area contributed by atoms with Crippen LogP contribution in [0.4, 0.5) is 4.79 Å². The molecule has 2 heterocycles. The van der Waals surface area contributed by atoms with E-state index in [2.05, 4.69) is 38.8 Å². The Morgan fingerprint density at radius 2 is 1.82 bits per heavy atom. The van der Waals surface area contributed by atoms with Crippen molar-refractivity contribution in [3.63, 3.8) is 0 Å². The number of hydrogen-bond acceptors (Lipinski definition) is 10. The molecule has 0 spiro atoms. The van der Waals surface area contributed by atoms with Crippen molar-refractivity contribution < 1.29 is 41.9 Å².